The number of rotatable bonds is 8. The number of hydrogen-bond acceptors (Lipinski definition) is 6. The Morgan fingerprint density at radius 1 is 0.914 bits per heavy atom. The highest BCUT2D eigenvalue weighted by atomic mass is 35.5. The van der Waals surface area contributed by atoms with Gasteiger partial charge in [0.1, 0.15) is 17.2 Å². The molecule has 1 aliphatic rings. The Bertz CT molecular complexity index is 1210. The number of ether oxygens (including phenoxy) is 3. The van der Waals surface area contributed by atoms with E-state index in [1.807, 2.05) is 0 Å². The number of nitrogens with zero attached hydrogens (tertiary/aromatic N) is 1. The minimum Gasteiger partial charge on any atom is -0.497 e. The van der Waals surface area contributed by atoms with E-state index in [9.17, 15) is 14.4 Å². The van der Waals surface area contributed by atoms with E-state index >= 15 is 0 Å². The topological polar surface area (TPSA) is 82.1 Å². The first-order valence-corrected chi connectivity index (χ1v) is 11.4. The van der Waals surface area contributed by atoms with E-state index in [0.717, 1.165) is 5.75 Å². The summed E-state index contributed by atoms with van der Waals surface area (Å²) in [6, 6.07) is 20.6. The number of hydrogen-bond donors (Lipinski definition) is 0. The van der Waals surface area contributed by atoms with Crippen molar-refractivity contribution in [3.63, 3.8) is 0 Å². The van der Waals surface area contributed by atoms with Crippen molar-refractivity contribution >= 4 is 34.9 Å². The Morgan fingerprint density at radius 2 is 1.49 bits per heavy atom. The number of ketones is 1. The molecule has 3 aromatic rings. The van der Waals surface area contributed by atoms with Crippen LogP contribution in [0.5, 0.6) is 17.2 Å². The molecule has 1 aliphatic heterocycles. The Balaban J connectivity index is 1.34. The second-order valence-electron chi connectivity index (χ2n) is 8.13. The first-order chi connectivity index (χ1) is 16.8. The third-order valence-corrected chi connectivity index (χ3v) is 5.94. The number of benzene rings is 3. The van der Waals surface area contributed by atoms with Gasteiger partial charge >= 0.3 is 5.97 Å². The molecular weight excluding hydrogens is 470 g/mol. The summed E-state index contributed by atoms with van der Waals surface area (Å²) in [5, 5.41) is 0.510. The molecule has 0 aromatic heterocycles. The monoisotopic (exact) mass is 493 g/mol. The largest absolute Gasteiger partial charge is 0.497 e. The van der Waals surface area contributed by atoms with Crippen LogP contribution in [0, 0.1) is 5.92 Å². The van der Waals surface area contributed by atoms with Gasteiger partial charge in [0.2, 0.25) is 11.7 Å². The van der Waals surface area contributed by atoms with Gasteiger partial charge in [-0.2, -0.15) is 0 Å². The average Bonchev–Trinajstić information content (AvgIpc) is 3.26. The molecule has 3 aromatic carbocycles. The van der Waals surface area contributed by atoms with E-state index in [1.165, 1.54) is 11.8 Å². The summed E-state index contributed by atoms with van der Waals surface area (Å²) >= 11 is 5.85. The summed E-state index contributed by atoms with van der Waals surface area (Å²) in [6.07, 6.45) is -0.952. The second kappa shape index (κ2) is 10.6. The average molecular weight is 494 g/mol. The van der Waals surface area contributed by atoms with Crippen LogP contribution < -0.4 is 14.4 Å². The predicted octanol–water partition coefficient (Wildman–Crippen LogP) is 5.31. The summed E-state index contributed by atoms with van der Waals surface area (Å²) in [6.45, 7) is 1.70. The van der Waals surface area contributed by atoms with Crippen molar-refractivity contribution < 1.29 is 28.6 Å². The van der Waals surface area contributed by atoms with Crippen molar-refractivity contribution in [3.05, 3.63) is 83.4 Å². The Labute approximate surface area is 208 Å². The molecule has 0 unspecified atom stereocenters. The van der Waals surface area contributed by atoms with Gasteiger partial charge in [0.05, 0.1) is 13.0 Å². The van der Waals surface area contributed by atoms with Crippen LogP contribution >= 0.6 is 11.6 Å². The third-order valence-electron chi connectivity index (χ3n) is 5.69. The van der Waals surface area contributed by atoms with Gasteiger partial charge in [-0.05, 0) is 79.7 Å². The minimum atomic E-state index is -0.970. The lowest BCUT2D eigenvalue weighted by Gasteiger charge is -2.18. The number of anilines is 1. The smallest absolute Gasteiger partial charge is 0.312 e. The van der Waals surface area contributed by atoms with E-state index in [2.05, 4.69) is 0 Å². The summed E-state index contributed by atoms with van der Waals surface area (Å²) in [5.41, 5.74) is 1.05. The number of halogens is 1. The molecule has 0 saturated carbocycles. The zero-order chi connectivity index (χ0) is 24.9. The van der Waals surface area contributed by atoms with Gasteiger partial charge in [-0.1, -0.05) is 11.6 Å². The standard InChI is InChI=1S/C27H24ClNO6/c1-17(26(31)18-3-5-20(28)6-4-18)34-27(32)19-15-25(30)29(16-19)21-7-9-23(10-8-21)35-24-13-11-22(33-2)12-14-24/h3-14,17,19H,15-16H2,1-2H3/t17-,19+/m0/s1. The molecular formula is C27H24ClNO6. The zero-order valence-corrected chi connectivity index (χ0v) is 20.0. The highest BCUT2D eigenvalue weighted by Crippen LogP contribution is 2.30. The van der Waals surface area contributed by atoms with Gasteiger partial charge in [0.25, 0.3) is 0 Å². The summed E-state index contributed by atoms with van der Waals surface area (Å²) < 4.78 is 16.3. The molecule has 0 N–H and O–H groups in total. The number of methoxy groups -OCH3 is 1. The van der Waals surface area contributed by atoms with Gasteiger partial charge in [-0.15, -0.1) is 0 Å². The van der Waals surface area contributed by atoms with E-state index in [4.69, 9.17) is 25.8 Å². The number of amides is 1. The van der Waals surface area contributed by atoms with Crippen LogP contribution in [0.15, 0.2) is 72.8 Å². The first kappa shape index (κ1) is 24.3. The number of esters is 1. The molecule has 0 aliphatic carbocycles. The molecule has 8 heteroatoms. The van der Waals surface area contributed by atoms with Gasteiger partial charge in [0, 0.05) is 29.2 Å². The highest BCUT2D eigenvalue weighted by Gasteiger charge is 2.37. The van der Waals surface area contributed by atoms with E-state index in [-0.39, 0.29) is 24.7 Å². The van der Waals surface area contributed by atoms with Crippen molar-refractivity contribution in [1.29, 1.82) is 0 Å². The first-order valence-electron chi connectivity index (χ1n) is 11.1. The number of Topliss-reactive ketones (excluding diaryl/α,β-unsaturated/α-hetero) is 1. The fraction of sp³-hybridized carbons (Fsp3) is 0.222. The quantitative estimate of drug-likeness (QED) is 0.312. The maximum atomic E-state index is 12.7. The Morgan fingerprint density at radius 3 is 2.09 bits per heavy atom. The summed E-state index contributed by atoms with van der Waals surface area (Å²) in [7, 11) is 1.60. The molecule has 4 rings (SSSR count). The molecule has 2 atom stereocenters. The van der Waals surface area contributed by atoms with Gasteiger partial charge in [0.15, 0.2) is 6.10 Å². The Kier molecular flexibility index (Phi) is 7.36. The van der Waals surface area contributed by atoms with E-state index < -0.39 is 18.0 Å². The molecule has 180 valence electrons. The fourth-order valence-corrected chi connectivity index (χ4v) is 3.89. The normalized spacial score (nSPS) is 16.0. The number of carbonyl (C=O) groups excluding carboxylic acids is 3. The summed E-state index contributed by atoms with van der Waals surface area (Å²) in [4.78, 5) is 39.3. The second-order valence-corrected chi connectivity index (χ2v) is 8.56. The molecule has 0 spiro atoms. The maximum absolute atomic E-state index is 12.7. The molecule has 35 heavy (non-hydrogen) atoms. The molecule has 1 heterocycles. The maximum Gasteiger partial charge on any atom is 0.312 e. The van der Waals surface area contributed by atoms with Crippen LogP contribution in [-0.2, 0) is 14.3 Å². The van der Waals surface area contributed by atoms with Gasteiger partial charge in [-0.25, -0.2) is 0 Å². The van der Waals surface area contributed by atoms with Crippen molar-refractivity contribution in [1.82, 2.24) is 0 Å². The van der Waals surface area contributed by atoms with Crippen LogP contribution in [-0.4, -0.2) is 37.4 Å². The summed E-state index contributed by atoms with van der Waals surface area (Å²) in [5.74, 6) is 0.249. The highest BCUT2D eigenvalue weighted by molar-refractivity contribution is 6.30. The minimum absolute atomic E-state index is 0.0186. The van der Waals surface area contributed by atoms with E-state index in [0.29, 0.717) is 27.8 Å². The van der Waals surface area contributed by atoms with Crippen LogP contribution in [0.2, 0.25) is 5.02 Å². The van der Waals surface area contributed by atoms with Crippen molar-refractivity contribution in [2.75, 3.05) is 18.6 Å². The molecule has 7 nitrogen and oxygen atoms in total. The molecule has 1 amide bonds. The van der Waals surface area contributed by atoms with Gasteiger partial charge < -0.3 is 19.1 Å². The van der Waals surface area contributed by atoms with Crippen molar-refractivity contribution in [3.8, 4) is 17.2 Å². The third kappa shape index (κ3) is 5.81. The zero-order valence-electron chi connectivity index (χ0n) is 19.3. The number of carbonyl (C=O) groups is 3. The van der Waals surface area contributed by atoms with Gasteiger partial charge in [-0.3, -0.25) is 14.4 Å². The molecule has 0 radical (unpaired) electrons. The fourth-order valence-electron chi connectivity index (χ4n) is 3.76. The SMILES string of the molecule is COc1ccc(Oc2ccc(N3C[C@H](C(=O)O[C@@H](C)C(=O)c4ccc(Cl)cc4)CC3=O)cc2)cc1. The Hall–Kier alpha value is -3.84. The van der Waals surface area contributed by atoms with Crippen LogP contribution in [0.25, 0.3) is 0 Å². The van der Waals surface area contributed by atoms with Crippen LogP contribution in [0.3, 0.4) is 0 Å². The molecule has 1 fully saturated rings. The lowest BCUT2D eigenvalue weighted by Crippen LogP contribution is -2.30. The predicted molar refractivity (Wildman–Crippen MR) is 131 cm³/mol. The molecule has 0 bridgehead atoms. The van der Waals surface area contributed by atoms with Crippen LogP contribution in [0.1, 0.15) is 23.7 Å². The van der Waals surface area contributed by atoms with Crippen LogP contribution in [0.4, 0.5) is 5.69 Å². The van der Waals surface area contributed by atoms with E-state index in [1.54, 1.807) is 79.9 Å². The van der Waals surface area contributed by atoms with Crippen molar-refractivity contribution in [2.45, 2.75) is 19.4 Å². The lowest BCUT2D eigenvalue weighted by molar-refractivity contribution is -0.151. The molecule has 1 saturated heterocycles. The lowest BCUT2D eigenvalue weighted by atomic mass is 10.1. The van der Waals surface area contributed by atoms with Crippen molar-refractivity contribution in [2.24, 2.45) is 5.92 Å².